The Hall–Kier alpha value is -1.96. The zero-order valence-corrected chi connectivity index (χ0v) is 15.2. The Balaban J connectivity index is 1.65. The quantitative estimate of drug-likeness (QED) is 0.684. The van der Waals surface area contributed by atoms with E-state index >= 15 is 0 Å². The van der Waals surface area contributed by atoms with Crippen LogP contribution in [0.15, 0.2) is 76.4 Å². The van der Waals surface area contributed by atoms with Crippen molar-refractivity contribution in [3.63, 3.8) is 0 Å². The van der Waals surface area contributed by atoms with Gasteiger partial charge in [0.2, 0.25) is 10.0 Å². The van der Waals surface area contributed by atoms with E-state index in [1.807, 2.05) is 41.2 Å². The van der Waals surface area contributed by atoms with Crippen LogP contribution in [0.4, 0.5) is 0 Å². The van der Waals surface area contributed by atoms with E-state index in [4.69, 9.17) is 0 Å². The Kier molecular flexibility index (Phi) is 5.13. The Morgan fingerprint density at radius 3 is 2.38 bits per heavy atom. The van der Waals surface area contributed by atoms with Gasteiger partial charge >= 0.3 is 0 Å². The summed E-state index contributed by atoms with van der Waals surface area (Å²) in [5.41, 5.74) is 2.01. The van der Waals surface area contributed by atoms with Crippen LogP contribution < -0.4 is 4.72 Å². The predicted molar refractivity (Wildman–Crippen MR) is 95.9 cm³/mol. The van der Waals surface area contributed by atoms with E-state index in [-0.39, 0.29) is 11.4 Å². The molecule has 1 aromatic heterocycles. The fraction of sp³-hybridized carbons (Fsp3) is 0.118. The molecule has 0 atom stereocenters. The van der Waals surface area contributed by atoms with Crippen molar-refractivity contribution in [1.29, 1.82) is 0 Å². The summed E-state index contributed by atoms with van der Waals surface area (Å²) in [6.07, 6.45) is 3.64. The number of rotatable bonds is 6. The molecule has 5 nitrogen and oxygen atoms in total. The second-order valence-corrected chi connectivity index (χ2v) is 7.86. The van der Waals surface area contributed by atoms with E-state index in [1.165, 1.54) is 0 Å². The molecule has 0 fully saturated rings. The third-order valence-electron chi connectivity index (χ3n) is 3.52. The molecule has 7 heteroatoms. The maximum Gasteiger partial charge on any atom is 0.241 e. The monoisotopic (exact) mass is 405 g/mol. The second-order valence-electron chi connectivity index (χ2n) is 5.28. The topological polar surface area (TPSA) is 64.0 Å². The summed E-state index contributed by atoms with van der Waals surface area (Å²) in [4.78, 5) is 0.236. The van der Waals surface area contributed by atoms with Crippen LogP contribution in [-0.4, -0.2) is 18.2 Å². The maximum atomic E-state index is 12.4. The molecule has 0 bridgehead atoms. The van der Waals surface area contributed by atoms with Crippen molar-refractivity contribution in [3.8, 4) is 0 Å². The first-order chi connectivity index (χ1) is 11.5. The number of halogens is 1. The van der Waals surface area contributed by atoms with Crippen molar-refractivity contribution in [2.75, 3.05) is 0 Å². The van der Waals surface area contributed by atoms with Crippen LogP contribution in [0.5, 0.6) is 0 Å². The van der Waals surface area contributed by atoms with E-state index in [9.17, 15) is 8.42 Å². The minimum atomic E-state index is -3.55. The van der Waals surface area contributed by atoms with Gasteiger partial charge in [-0.1, -0.05) is 36.4 Å². The molecule has 0 aliphatic carbocycles. The number of hydrogen-bond acceptors (Lipinski definition) is 3. The Bertz CT molecular complexity index is 907. The van der Waals surface area contributed by atoms with E-state index in [2.05, 4.69) is 25.8 Å². The van der Waals surface area contributed by atoms with Gasteiger partial charge in [0.1, 0.15) is 0 Å². The van der Waals surface area contributed by atoms with Crippen LogP contribution in [0.2, 0.25) is 0 Å². The normalized spacial score (nSPS) is 11.5. The molecule has 0 saturated carbocycles. The van der Waals surface area contributed by atoms with Gasteiger partial charge < -0.3 is 0 Å². The van der Waals surface area contributed by atoms with Crippen LogP contribution in [0, 0.1) is 0 Å². The van der Waals surface area contributed by atoms with Crippen LogP contribution in [0.1, 0.15) is 11.1 Å². The van der Waals surface area contributed by atoms with Gasteiger partial charge in [-0.15, -0.1) is 0 Å². The SMILES string of the molecule is O=S(=O)(NCc1ccc(Cn2cccn2)cc1)c1ccccc1Br. The summed E-state index contributed by atoms with van der Waals surface area (Å²) >= 11 is 3.27. The first-order valence-corrected chi connectivity index (χ1v) is 9.62. The molecule has 0 amide bonds. The first kappa shape index (κ1) is 16.9. The lowest BCUT2D eigenvalue weighted by Gasteiger charge is -2.09. The fourth-order valence-electron chi connectivity index (χ4n) is 2.26. The molecule has 1 heterocycles. The standard InChI is InChI=1S/C17H16BrN3O2S/c18-16-4-1-2-5-17(16)24(22,23)20-12-14-6-8-15(9-7-14)13-21-11-3-10-19-21/h1-11,20H,12-13H2. The Morgan fingerprint density at radius 1 is 1.00 bits per heavy atom. The molecule has 0 spiro atoms. The van der Waals surface area contributed by atoms with Crippen LogP contribution in [0.3, 0.4) is 0 Å². The largest absolute Gasteiger partial charge is 0.268 e. The molecular weight excluding hydrogens is 390 g/mol. The van der Waals surface area contributed by atoms with Crippen molar-refractivity contribution in [2.24, 2.45) is 0 Å². The fourth-order valence-corrected chi connectivity index (χ4v) is 4.28. The highest BCUT2D eigenvalue weighted by Gasteiger charge is 2.16. The molecule has 1 N–H and O–H groups in total. The third-order valence-corrected chi connectivity index (χ3v) is 5.93. The van der Waals surface area contributed by atoms with Crippen molar-refractivity contribution in [3.05, 3.63) is 82.6 Å². The summed E-state index contributed by atoms with van der Waals surface area (Å²) in [7, 11) is -3.55. The third kappa shape index (κ3) is 4.11. The summed E-state index contributed by atoms with van der Waals surface area (Å²) in [6.45, 7) is 0.932. The minimum absolute atomic E-state index is 0.236. The lowest BCUT2D eigenvalue weighted by atomic mass is 10.1. The molecule has 0 aliphatic rings. The van der Waals surface area contributed by atoms with Crippen molar-refractivity contribution >= 4 is 26.0 Å². The van der Waals surface area contributed by atoms with Gasteiger partial charge in [0.05, 0.1) is 11.4 Å². The summed E-state index contributed by atoms with van der Waals surface area (Å²) in [5, 5.41) is 4.16. The van der Waals surface area contributed by atoms with Crippen LogP contribution in [0.25, 0.3) is 0 Å². The number of sulfonamides is 1. The molecule has 0 radical (unpaired) electrons. The molecule has 24 heavy (non-hydrogen) atoms. The van der Waals surface area contributed by atoms with E-state index < -0.39 is 10.0 Å². The first-order valence-electron chi connectivity index (χ1n) is 7.34. The molecular formula is C17H16BrN3O2S. The Labute approximate surface area is 149 Å². The van der Waals surface area contributed by atoms with Crippen LogP contribution >= 0.6 is 15.9 Å². The van der Waals surface area contributed by atoms with Crippen molar-refractivity contribution in [2.45, 2.75) is 18.0 Å². The highest BCUT2D eigenvalue weighted by atomic mass is 79.9. The number of hydrogen-bond donors (Lipinski definition) is 1. The molecule has 124 valence electrons. The van der Waals surface area contributed by atoms with Gasteiger partial charge in [0.15, 0.2) is 0 Å². The molecule has 2 aromatic carbocycles. The predicted octanol–water partition coefficient (Wildman–Crippen LogP) is 3.17. The maximum absolute atomic E-state index is 12.4. The van der Waals surface area contributed by atoms with E-state index in [1.54, 1.807) is 30.5 Å². The lowest BCUT2D eigenvalue weighted by Crippen LogP contribution is -2.23. The minimum Gasteiger partial charge on any atom is -0.268 e. The van der Waals surface area contributed by atoms with Crippen molar-refractivity contribution < 1.29 is 8.42 Å². The molecule has 3 rings (SSSR count). The number of aromatic nitrogens is 2. The summed E-state index contributed by atoms with van der Waals surface area (Å²) in [6, 6.07) is 16.4. The molecule has 3 aromatic rings. The summed E-state index contributed by atoms with van der Waals surface area (Å²) < 4.78 is 29.7. The van der Waals surface area contributed by atoms with Gasteiger partial charge in [-0.05, 0) is 45.3 Å². The van der Waals surface area contributed by atoms with E-state index in [0.29, 0.717) is 11.0 Å². The van der Waals surface area contributed by atoms with Gasteiger partial charge in [0.25, 0.3) is 0 Å². The molecule has 0 saturated heterocycles. The number of nitrogens with zero attached hydrogens (tertiary/aromatic N) is 2. The Morgan fingerprint density at radius 2 is 1.71 bits per heavy atom. The zero-order valence-electron chi connectivity index (χ0n) is 12.8. The average Bonchev–Trinajstić information content (AvgIpc) is 3.07. The smallest absolute Gasteiger partial charge is 0.241 e. The molecule has 0 aliphatic heterocycles. The average molecular weight is 406 g/mol. The van der Waals surface area contributed by atoms with E-state index in [0.717, 1.165) is 11.1 Å². The number of benzene rings is 2. The van der Waals surface area contributed by atoms with Crippen molar-refractivity contribution in [1.82, 2.24) is 14.5 Å². The lowest BCUT2D eigenvalue weighted by molar-refractivity contribution is 0.581. The van der Waals surface area contributed by atoms with Gasteiger partial charge in [0, 0.05) is 23.4 Å². The number of nitrogens with one attached hydrogen (secondary N) is 1. The van der Waals surface area contributed by atoms with Crippen LogP contribution in [-0.2, 0) is 23.1 Å². The second kappa shape index (κ2) is 7.29. The zero-order chi connectivity index (χ0) is 17.0. The van der Waals surface area contributed by atoms with Gasteiger partial charge in [-0.25, -0.2) is 13.1 Å². The highest BCUT2D eigenvalue weighted by molar-refractivity contribution is 9.10. The highest BCUT2D eigenvalue weighted by Crippen LogP contribution is 2.21. The van der Waals surface area contributed by atoms with Gasteiger partial charge in [-0.2, -0.15) is 5.10 Å². The molecule has 0 unspecified atom stereocenters. The summed E-state index contributed by atoms with van der Waals surface area (Å²) in [5.74, 6) is 0. The van der Waals surface area contributed by atoms with Gasteiger partial charge in [-0.3, -0.25) is 4.68 Å².